The molecule has 0 aliphatic heterocycles. The van der Waals surface area contributed by atoms with Crippen molar-refractivity contribution in [1.82, 2.24) is 24.6 Å². The zero-order valence-electron chi connectivity index (χ0n) is 11.4. The molecule has 7 nitrogen and oxygen atoms in total. The number of anilines is 2. The fourth-order valence-electron chi connectivity index (χ4n) is 1.92. The number of aromatic nitrogens is 5. The third kappa shape index (κ3) is 3.27. The molecule has 108 valence electrons. The Balaban J connectivity index is 1.59. The summed E-state index contributed by atoms with van der Waals surface area (Å²) in [5.41, 5.74) is 0.903. The van der Waals surface area contributed by atoms with E-state index >= 15 is 0 Å². The second-order valence-corrected chi connectivity index (χ2v) is 5.39. The molecule has 21 heavy (non-hydrogen) atoms. The van der Waals surface area contributed by atoms with Gasteiger partial charge in [-0.05, 0) is 35.0 Å². The first kappa shape index (κ1) is 13.7. The number of aryl methyl sites for hydroxylation is 1. The minimum absolute atomic E-state index is 0.597. The largest absolute Gasteiger partial charge is 0.368 e. The fraction of sp³-hybridized carbons (Fsp3) is 0.231. The van der Waals surface area contributed by atoms with Crippen molar-refractivity contribution in [2.45, 2.75) is 6.92 Å². The van der Waals surface area contributed by atoms with Gasteiger partial charge in [0.1, 0.15) is 18.0 Å². The number of hydrogen-bond donors (Lipinski definition) is 2. The molecule has 0 aliphatic rings. The van der Waals surface area contributed by atoms with E-state index in [-0.39, 0.29) is 0 Å². The molecule has 8 heteroatoms. The van der Waals surface area contributed by atoms with Gasteiger partial charge in [-0.3, -0.25) is 0 Å². The fourth-order valence-corrected chi connectivity index (χ4v) is 2.15. The van der Waals surface area contributed by atoms with Crippen molar-refractivity contribution < 1.29 is 0 Å². The maximum Gasteiger partial charge on any atom is 0.254 e. The van der Waals surface area contributed by atoms with Crippen LogP contribution >= 0.6 is 15.9 Å². The quantitative estimate of drug-likeness (QED) is 0.688. The third-order valence-corrected chi connectivity index (χ3v) is 3.31. The summed E-state index contributed by atoms with van der Waals surface area (Å²) in [6.45, 7) is 3.41. The summed E-state index contributed by atoms with van der Waals surface area (Å²) < 4.78 is 2.65. The van der Waals surface area contributed by atoms with Gasteiger partial charge < -0.3 is 10.6 Å². The van der Waals surface area contributed by atoms with Crippen molar-refractivity contribution in [2.75, 3.05) is 23.7 Å². The lowest BCUT2D eigenvalue weighted by Crippen LogP contribution is -2.16. The van der Waals surface area contributed by atoms with Gasteiger partial charge in [-0.2, -0.15) is 14.6 Å². The van der Waals surface area contributed by atoms with Crippen molar-refractivity contribution in [2.24, 2.45) is 0 Å². The van der Waals surface area contributed by atoms with E-state index in [0.717, 1.165) is 34.9 Å². The highest BCUT2D eigenvalue weighted by atomic mass is 79.9. The number of hydrogen-bond acceptors (Lipinski definition) is 6. The Morgan fingerprint density at radius 3 is 2.86 bits per heavy atom. The van der Waals surface area contributed by atoms with Gasteiger partial charge in [0.15, 0.2) is 0 Å². The molecule has 0 atom stereocenters. The number of nitrogens with one attached hydrogen (secondary N) is 2. The van der Waals surface area contributed by atoms with E-state index in [1.807, 2.05) is 25.1 Å². The van der Waals surface area contributed by atoms with Crippen molar-refractivity contribution in [3.63, 3.8) is 0 Å². The van der Waals surface area contributed by atoms with E-state index in [0.29, 0.717) is 5.78 Å². The number of halogens is 1. The Bertz CT molecular complexity index is 738. The topological polar surface area (TPSA) is 80.0 Å². The van der Waals surface area contributed by atoms with E-state index < -0.39 is 0 Å². The molecule has 3 heterocycles. The SMILES string of the molecule is Cc1cc(NCCNc2ccc(Br)cn2)n2ncnc2n1. The Labute approximate surface area is 130 Å². The van der Waals surface area contributed by atoms with E-state index in [9.17, 15) is 0 Å². The van der Waals surface area contributed by atoms with Crippen molar-refractivity contribution in [3.05, 3.63) is 40.9 Å². The molecule has 0 amide bonds. The first-order chi connectivity index (χ1) is 10.2. The molecule has 0 aliphatic carbocycles. The summed E-state index contributed by atoms with van der Waals surface area (Å²) >= 11 is 3.36. The van der Waals surface area contributed by atoms with Crippen LogP contribution in [-0.4, -0.2) is 37.7 Å². The second kappa shape index (κ2) is 6.04. The number of nitrogens with zero attached hydrogens (tertiary/aromatic N) is 5. The summed E-state index contributed by atoms with van der Waals surface area (Å²) in [6, 6.07) is 5.82. The number of rotatable bonds is 5. The van der Waals surface area contributed by atoms with Crippen LogP contribution in [0.4, 0.5) is 11.6 Å². The van der Waals surface area contributed by atoms with E-state index in [4.69, 9.17) is 0 Å². The van der Waals surface area contributed by atoms with Gasteiger partial charge in [-0.1, -0.05) is 0 Å². The van der Waals surface area contributed by atoms with E-state index in [2.05, 4.69) is 46.6 Å². The molecule has 0 unspecified atom stereocenters. The molecule has 2 N–H and O–H groups in total. The molecular formula is C13H14BrN7. The summed E-state index contributed by atoms with van der Waals surface area (Å²) in [4.78, 5) is 12.6. The van der Waals surface area contributed by atoms with Crippen LogP contribution in [0, 0.1) is 6.92 Å². The maximum atomic E-state index is 4.30. The van der Waals surface area contributed by atoms with E-state index in [1.165, 1.54) is 6.33 Å². The summed E-state index contributed by atoms with van der Waals surface area (Å²) in [7, 11) is 0. The van der Waals surface area contributed by atoms with Crippen LogP contribution in [0.5, 0.6) is 0 Å². The first-order valence-electron chi connectivity index (χ1n) is 6.49. The van der Waals surface area contributed by atoms with Gasteiger partial charge in [0.05, 0.1) is 0 Å². The predicted molar refractivity (Wildman–Crippen MR) is 84.4 cm³/mol. The molecule has 0 saturated carbocycles. The lowest BCUT2D eigenvalue weighted by atomic mass is 10.4. The van der Waals surface area contributed by atoms with Crippen LogP contribution in [0.3, 0.4) is 0 Å². The number of fused-ring (bicyclic) bond motifs is 1. The second-order valence-electron chi connectivity index (χ2n) is 4.47. The standard InChI is InChI=1S/C13H14BrN7/c1-9-6-12(21-13(20-9)18-8-19-21)16-5-4-15-11-3-2-10(14)7-17-11/h2-3,6-8,16H,4-5H2,1H3,(H,15,17). The lowest BCUT2D eigenvalue weighted by molar-refractivity contribution is 0.914. The highest BCUT2D eigenvalue weighted by Crippen LogP contribution is 2.11. The van der Waals surface area contributed by atoms with Gasteiger partial charge >= 0.3 is 0 Å². The van der Waals surface area contributed by atoms with Crippen molar-refractivity contribution in [3.8, 4) is 0 Å². The minimum atomic E-state index is 0.597. The van der Waals surface area contributed by atoms with Crippen LogP contribution in [0.25, 0.3) is 5.78 Å². The minimum Gasteiger partial charge on any atom is -0.368 e. The monoisotopic (exact) mass is 347 g/mol. The molecular weight excluding hydrogens is 334 g/mol. The first-order valence-corrected chi connectivity index (χ1v) is 7.28. The maximum absolute atomic E-state index is 4.30. The summed E-state index contributed by atoms with van der Waals surface area (Å²) in [5.74, 6) is 2.32. The molecule has 0 fully saturated rings. The Morgan fingerprint density at radius 2 is 2.05 bits per heavy atom. The summed E-state index contributed by atoms with van der Waals surface area (Å²) in [6.07, 6.45) is 3.26. The Hall–Kier alpha value is -2.22. The molecule has 0 radical (unpaired) electrons. The highest BCUT2D eigenvalue weighted by molar-refractivity contribution is 9.10. The van der Waals surface area contributed by atoms with E-state index in [1.54, 1.807) is 10.7 Å². The van der Waals surface area contributed by atoms with Gasteiger partial charge in [0, 0.05) is 35.5 Å². The Morgan fingerprint density at radius 1 is 1.19 bits per heavy atom. The van der Waals surface area contributed by atoms with Crippen LogP contribution in [0.2, 0.25) is 0 Å². The molecule has 3 aromatic rings. The van der Waals surface area contributed by atoms with Crippen LogP contribution in [0.1, 0.15) is 5.69 Å². The Kier molecular flexibility index (Phi) is 3.96. The van der Waals surface area contributed by atoms with Gasteiger partial charge in [-0.15, -0.1) is 0 Å². The van der Waals surface area contributed by atoms with Crippen LogP contribution < -0.4 is 10.6 Å². The van der Waals surface area contributed by atoms with Gasteiger partial charge in [-0.25, -0.2) is 9.97 Å². The highest BCUT2D eigenvalue weighted by Gasteiger charge is 2.04. The van der Waals surface area contributed by atoms with Crippen LogP contribution in [-0.2, 0) is 0 Å². The van der Waals surface area contributed by atoms with Crippen LogP contribution in [0.15, 0.2) is 35.2 Å². The molecule has 3 aromatic heterocycles. The summed E-state index contributed by atoms with van der Waals surface area (Å²) in [5, 5.41) is 10.7. The lowest BCUT2D eigenvalue weighted by Gasteiger charge is -2.09. The molecule has 0 saturated heterocycles. The predicted octanol–water partition coefficient (Wildman–Crippen LogP) is 2.11. The normalized spacial score (nSPS) is 10.8. The molecule has 0 bridgehead atoms. The average molecular weight is 348 g/mol. The third-order valence-electron chi connectivity index (χ3n) is 2.84. The van der Waals surface area contributed by atoms with Gasteiger partial charge in [0.25, 0.3) is 5.78 Å². The zero-order chi connectivity index (χ0) is 14.7. The van der Waals surface area contributed by atoms with Crippen molar-refractivity contribution >= 4 is 33.3 Å². The van der Waals surface area contributed by atoms with Gasteiger partial charge in [0.2, 0.25) is 0 Å². The molecule has 0 aromatic carbocycles. The zero-order valence-corrected chi connectivity index (χ0v) is 13.0. The molecule has 0 spiro atoms. The number of pyridine rings is 1. The van der Waals surface area contributed by atoms with Crippen molar-refractivity contribution in [1.29, 1.82) is 0 Å². The average Bonchev–Trinajstić information content (AvgIpc) is 2.93. The smallest absolute Gasteiger partial charge is 0.254 e. The molecule has 3 rings (SSSR count).